The molecule has 2 heterocycles. The van der Waals surface area contributed by atoms with Gasteiger partial charge in [0.05, 0.1) is 26.4 Å². The predicted molar refractivity (Wildman–Crippen MR) is 113 cm³/mol. The molecule has 0 atom stereocenters. The van der Waals surface area contributed by atoms with Gasteiger partial charge in [0, 0.05) is 11.3 Å². The van der Waals surface area contributed by atoms with Crippen LogP contribution >= 0.6 is 0 Å². The summed E-state index contributed by atoms with van der Waals surface area (Å²) in [6.45, 7) is 3.91. The number of nitrogens with zero attached hydrogens (tertiary/aromatic N) is 2. The van der Waals surface area contributed by atoms with Crippen LogP contribution in [0.3, 0.4) is 0 Å². The first-order valence-corrected chi connectivity index (χ1v) is 9.66. The smallest absolute Gasteiger partial charge is 0.355 e. The molecule has 31 heavy (non-hydrogen) atoms. The molecule has 1 aromatic heterocycles. The van der Waals surface area contributed by atoms with Gasteiger partial charge < -0.3 is 23.5 Å². The topological polar surface area (TPSA) is 91.1 Å². The molecule has 3 aromatic rings. The number of fused-ring (bicyclic) bond motifs is 1. The van der Waals surface area contributed by atoms with Crippen molar-refractivity contribution in [2.75, 3.05) is 32.5 Å². The van der Waals surface area contributed by atoms with E-state index in [4.69, 9.17) is 18.6 Å². The molecule has 0 saturated heterocycles. The molecule has 0 unspecified atom stereocenters. The van der Waals surface area contributed by atoms with Crippen molar-refractivity contribution >= 4 is 28.7 Å². The summed E-state index contributed by atoms with van der Waals surface area (Å²) in [6, 6.07) is 11.4. The van der Waals surface area contributed by atoms with E-state index in [9.17, 15) is 9.59 Å². The Morgan fingerprint density at radius 3 is 2.55 bits per heavy atom. The SMILES string of the molecule is COC(=O)C1=C(C(=O)OC)N(c2cc(-c3nc4ccc(C)cc4o3)ccc2C)COC1. The highest BCUT2D eigenvalue weighted by molar-refractivity contribution is 6.03. The second-order valence-electron chi connectivity index (χ2n) is 7.21. The van der Waals surface area contributed by atoms with E-state index in [0.717, 1.165) is 22.2 Å². The Kier molecular flexibility index (Phi) is 5.48. The van der Waals surface area contributed by atoms with Gasteiger partial charge in [0.2, 0.25) is 5.89 Å². The summed E-state index contributed by atoms with van der Waals surface area (Å²) in [5.41, 5.74) is 4.98. The summed E-state index contributed by atoms with van der Waals surface area (Å²) in [4.78, 5) is 31.0. The maximum atomic E-state index is 12.6. The van der Waals surface area contributed by atoms with Crippen LogP contribution in [0.1, 0.15) is 11.1 Å². The van der Waals surface area contributed by atoms with Gasteiger partial charge in [-0.25, -0.2) is 14.6 Å². The van der Waals surface area contributed by atoms with Gasteiger partial charge in [-0.2, -0.15) is 0 Å². The minimum absolute atomic E-state index is 0.0448. The van der Waals surface area contributed by atoms with Gasteiger partial charge in [0.15, 0.2) is 5.58 Å². The van der Waals surface area contributed by atoms with Crippen molar-refractivity contribution in [3.63, 3.8) is 0 Å². The number of anilines is 1. The van der Waals surface area contributed by atoms with Crippen LogP contribution in [0.5, 0.6) is 0 Å². The van der Waals surface area contributed by atoms with Crippen molar-refractivity contribution in [1.29, 1.82) is 0 Å². The van der Waals surface area contributed by atoms with Gasteiger partial charge in [-0.05, 0) is 49.2 Å². The Hall–Kier alpha value is -3.65. The van der Waals surface area contributed by atoms with Crippen molar-refractivity contribution in [2.24, 2.45) is 0 Å². The number of esters is 2. The number of aromatic nitrogens is 1. The third-order valence-electron chi connectivity index (χ3n) is 5.12. The highest BCUT2D eigenvalue weighted by Crippen LogP contribution is 2.34. The normalized spacial score (nSPS) is 14.1. The highest BCUT2D eigenvalue weighted by atomic mass is 16.5. The monoisotopic (exact) mass is 422 g/mol. The molecule has 0 fully saturated rings. The van der Waals surface area contributed by atoms with Gasteiger partial charge in [-0.3, -0.25) is 0 Å². The first kappa shape index (κ1) is 20.6. The molecule has 160 valence electrons. The number of ether oxygens (including phenoxy) is 3. The summed E-state index contributed by atoms with van der Waals surface area (Å²) in [6.07, 6.45) is 0. The Bertz CT molecular complexity index is 1210. The minimum atomic E-state index is -0.647. The fourth-order valence-corrected chi connectivity index (χ4v) is 3.52. The van der Waals surface area contributed by atoms with Crippen molar-refractivity contribution < 1.29 is 28.2 Å². The van der Waals surface area contributed by atoms with Gasteiger partial charge in [0.1, 0.15) is 17.9 Å². The lowest BCUT2D eigenvalue weighted by molar-refractivity contribution is -0.140. The first-order chi connectivity index (χ1) is 14.9. The number of methoxy groups -OCH3 is 2. The van der Waals surface area contributed by atoms with Crippen LogP contribution in [-0.4, -0.2) is 44.5 Å². The minimum Gasteiger partial charge on any atom is -0.466 e. The Morgan fingerprint density at radius 2 is 1.81 bits per heavy atom. The van der Waals surface area contributed by atoms with Crippen LogP contribution in [0, 0.1) is 13.8 Å². The lowest BCUT2D eigenvalue weighted by atomic mass is 10.1. The molecule has 0 amide bonds. The maximum absolute atomic E-state index is 12.6. The Labute approximate surface area is 179 Å². The molecule has 4 rings (SSSR count). The quantitative estimate of drug-likeness (QED) is 0.590. The standard InChI is InChI=1S/C23H22N2O6/c1-13-5-8-17-19(9-13)31-21(24-17)15-7-6-14(2)18(10-15)25-12-30-11-16(22(26)28-3)20(25)23(27)29-4/h5-10H,11-12H2,1-4H3. The van der Waals surface area contributed by atoms with Crippen molar-refractivity contribution in [3.8, 4) is 11.5 Å². The van der Waals surface area contributed by atoms with Crippen LogP contribution in [0.15, 0.2) is 52.1 Å². The fraction of sp³-hybridized carbons (Fsp3) is 0.261. The van der Waals surface area contributed by atoms with E-state index in [-0.39, 0.29) is 24.6 Å². The van der Waals surface area contributed by atoms with Gasteiger partial charge in [-0.1, -0.05) is 12.1 Å². The largest absolute Gasteiger partial charge is 0.466 e. The van der Waals surface area contributed by atoms with Crippen LogP contribution in [0.4, 0.5) is 5.69 Å². The molecule has 0 radical (unpaired) electrons. The zero-order chi connectivity index (χ0) is 22.1. The number of carbonyl (C=O) groups is 2. The van der Waals surface area contributed by atoms with Crippen LogP contribution in [0.25, 0.3) is 22.6 Å². The second kappa shape index (κ2) is 8.23. The summed E-state index contributed by atoms with van der Waals surface area (Å²) < 4.78 is 21.3. The number of carbonyl (C=O) groups excluding carboxylic acids is 2. The lowest BCUT2D eigenvalue weighted by Crippen LogP contribution is -2.39. The third-order valence-corrected chi connectivity index (χ3v) is 5.12. The van der Waals surface area contributed by atoms with E-state index in [1.807, 2.05) is 50.2 Å². The lowest BCUT2D eigenvalue weighted by Gasteiger charge is -2.32. The zero-order valence-corrected chi connectivity index (χ0v) is 17.7. The average Bonchev–Trinajstić information content (AvgIpc) is 3.21. The van der Waals surface area contributed by atoms with Gasteiger partial charge in [0.25, 0.3) is 0 Å². The molecule has 1 aliphatic rings. The molecule has 2 aromatic carbocycles. The van der Waals surface area contributed by atoms with Gasteiger partial charge >= 0.3 is 11.9 Å². The maximum Gasteiger partial charge on any atom is 0.355 e. The number of hydrogen-bond donors (Lipinski definition) is 0. The molecular weight excluding hydrogens is 400 g/mol. The number of rotatable bonds is 4. The third kappa shape index (κ3) is 3.77. The van der Waals surface area contributed by atoms with E-state index in [1.165, 1.54) is 14.2 Å². The molecule has 0 saturated carbocycles. The van der Waals surface area contributed by atoms with Crippen molar-refractivity contribution in [1.82, 2.24) is 4.98 Å². The van der Waals surface area contributed by atoms with Crippen molar-refractivity contribution in [3.05, 3.63) is 58.8 Å². The van der Waals surface area contributed by atoms with E-state index in [2.05, 4.69) is 4.98 Å². The van der Waals surface area contributed by atoms with E-state index in [1.54, 1.807) is 4.90 Å². The zero-order valence-electron chi connectivity index (χ0n) is 17.7. The summed E-state index contributed by atoms with van der Waals surface area (Å²) >= 11 is 0. The first-order valence-electron chi connectivity index (χ1n) is 9.66. The van der Waals surface area contributed by atoms with E-state index in [0.29, 0.717) is 17.2 Å². The molecule has 1 aliphatic heterocycles. The molecular formula is C23H22N2O6. The van der Waals surface area contributed by atoms with Crippen LogP contribution in [-0.2, 0) is 23.8 Å². The summed E-state index contributed by atoms with van der Waals surface area (Å²) in [7, 11) is 2.52. The Balaban J connectivity index is 1.83. The fourth-order valence-electron chi connectivity index (χ4n) is 3.52. The number of oxazole rings is 1. The summed E-state index contributed by atoms with van der Waals surface area (Å²) in [5.74, 6) is -0.837. The molecule has 8 nitrogen and oxygen atoms in total. The molecule has 8 heteroatoms. The number of aryl methyl sites for hydroxylation is 2. The predicted octanol–water partition coefficient (Wildman–Crippen LogP) is 3.51. The van der Waals surface area contributed by atoms with Gasteiger partial charge in [-0.15, -0.1) is 0 Å². The van der Waals surface area contributed by atoms with E-state index < -0.39 is 11.9 Å². The number of benzene rings is 2. The summed E-state index contributed by atoms with van der Waals surface area (Å²) in [5, 5.41) is 0. The molecule has 0 aliphatic carbocycles. The molecule has 0 N–H and O–H groups in total. The number of hydrogen-bond acceptors (Lipinski definition) is 8. The highest BCUT2D eigenvalue weighted by Gasteiger charge is 2.33. The van der Waals surface area contributed by atoms with Crippen molar-refractivity contribution in [2.45, 2.75) is 13.8 Å². The molecule has 0 bridgehead atoms. The average molecular weight is 422 g/mol. The Morgan fingerprint density at radius 1 is 1.03 bits per heavy atom. The van der Waals surface area contributed by atoms with E-state index >= 15 is 0 Å². The second-order valence-corrected chi connectivity index (χ2v) is 7.21. The molecule has 0 spiro atoms. The van der Waals surface area contributed by atoms with Crippen LogP contribution < -0.4 is 4.90 Å². The van der Waals surface area contributed by atoms with Crippen LogP contribution in [0.2, 0.25) is 0 Å².